The van der Waals surface area contributed by atoms with Crippen LogP contribution in [0, 0.1) is 13.8 Å². The fourth-order valence-corrected chi connectivity index (χ4v) is 1.46. The molecule has 0 saturated heterocycles. The summed E-state index contributed by atoms with van der Waals surface area (Å²) in [7, 11) is 0. The number of hydrogen-bond donors (Lipinski definition) is 2. The zero-order chi connectivity index (χ0) is 11.4. The Labute approximate surface area is 90.1 Å². The Morgan fingerprint density at radius 3 is 2.33 bits per heavy atom. The van der Waals surface area contributed by atoms with Crippen LogP contribution < -0.4 is 5.32 Å². The van der Waals surface area contributed by atoms with Crippen LogP contribution >= 0.6 is 0 Å². The van der Waals surface area contributed by atoms with Gasteiger partial charge in [-0.05, 0) is 32.9 Å². The SMILES string of the molecule is Cc1cc(C)cc(C(=O)N[C@@H](C)CO)c1. The number of rotatable bonds is 3. The molecule has 3 heteroatoms. The van der Waals surface area contributed by atoms with Gasteiger partial charge in [0.15, 0.2) is 0 Å². The predicted molar refractivity (Wildman–Crippen MR) is 59.9 cm³/mol. The van der Waals surface area contributed by atoms with Crippen LogP contribution in [0.5, 0.6) is 0 Å². The zero-order valence-corrected chi connectivity index (χ0v) is 9.37. The molecule has 1 aromatic rings. The third-order valence-electron chi connectivity index (χ3n) is 2.14. The van der Waals surface area contributed by atoms with Crippen LogP contribution in [0.15, 0.2) is 18.2 Å². The van der Waals surface area contributed by atoms with Gasteiger partial charge in [0, 0.05) is 11.6 Å². The summed E-state index contributed by atoms with van der Waals surface area (Å²) in [6, 6.07) is 5.49. The predicted octanol–water partition coefficient (Wildman–Crippen LogP) is 1.41. The van der Waals surface area contributed by atoms with Crippen LogP contribution in [0.1, 0.15) is 28.4 Å². The van der Waals surface area contributed by atoms with E-state index in [0.29, 0.717) is 5.56 Å². The largest absolute Gasteiger partial charge is 0.394 e. The molecule has 0 spiro atoms. The molecule has 15 heavy (non-hydrogen) atoms. The van der Waals surface area contributed by atoms with Gasteiger partial charge in [0.2, 0.25) is 0 Å². The highest BCUT2D eigenvalue weighted by atomic mass is 16.3. The third-order valence-corrected chi connectivity index (χ3v) is 2.14. The normalized spacial score (nSPS) is 12.3. The maximum Gasteiger partial charge on any atom is 0.251 e. The summed E-state index contributed by atoms with van der Waals surface area (Å²) in [6.45, 7) is 5.63. The second kappa shape index (κ2) is 4.94. The number of carbonyl (C=O) groups excluding carboxylic acids is 1. The Balaban J connectivity index is 2.82. The van der Waals surface area contributed by atoms with Crippen molar-refractivity contribution in [3.63, 3.8) is 0 Å². The maximum absolute atomic E-state index is 11.7. The van der Waals surface area contributed by atoms with Crippen molar-refractivity contribution >= 4 is 5.91 Å². The first kappa shape index (κ1) is 11.7. The lowest BCUT2D eigenvalue weighted by Crippen LogP contribution is -2.35. The van der Waals surface area contributed by atoms with Crippen LogP contribution in [-0.4, -0.2) is 23.7 Å². The quantitative estimate of drug-likeness (QED) is 0.787. The van der Waals surface area contributed by atoms with Gasteiger partial charge in [-0.3, -0.25) is 4.79 Å². The molecule has 2 N–H and O–H groups in total. The molecule has 0 bridgehead atoms. The number of nitrogens with one attached hydrogen (secondary N) is 1. The van der Waals surface area contributed by atoms with E-state index in [1.54, 1.807) is 6.92 Å². The van der Waals surface area contributed by atoms with Gasteiger partial charge in [-0.25, -0.2) is 0 Å². The Morgan fingerprint density at radius 1 is 1.33 bits per heavy atom. The number of aliphatic hydroxyl groups excluding tert-OH is 1. The first-order valence-corrected chi connectivity index (χ1v) is 5.03. The number of amides is 1. The fourth-order valence-electron chi connectivity index (χ4n) is 1.46. The highest BCUT2D eigenvalue weighted by Crippen LogP contribution is 2.08. The number of aliphatic hydroxyl groups is 1. The Morgan fingerprint density at radius 2 is 1.87 bits per heavy atom. The molecule has 0 aliphatic rings. The minimum atomic E-state index is -0.210. The van der Waals surface area contributed by atoms with Crippen molar-refractivity contribution in [3.05, 3.63) is 34.9 Å². The Bertz CT molecular complexity index is 340. The lowest BCUT2D eigenvalue weighted by molar-refractivity contribution is 0.0922. The molecule has 3 nitrogen and oxygen atoms in total. The van der Waals surface area contributed by atoms with Crippen molar-refractivity contribution < 1.29 is 9.90 Å². The molecule has 0 radical (unpaired) electrons. The van der Waals surface area contributed by atoms with Crippen molar-refractivity contribution in [1.29, 1.82) is 0 Å². The molecule has 1 rings (SSSR count). The van der Waals surface area contributed by atoms with Crippen molar-refractivity contribution in [3.8, 4) is 0 Å². The summed E-state index contributed by atoms with van der Waals surface area (Å²) >= 11 is 0. The molecule has 0 unspecified atom stereocenters. The highest BCUT2D eigenvalue weighted by molar-refractivity contribution is 5.94. The van der Waals surface area contributed by atoms with Gasteiger partial charge in [0.1, 0.15) is 0 Å². The van der Waals surface area contributed by atoms with Crippen molar-refractivity contribution in [2.45, 2.75) is 26.8 Å². The van der Waals surface area contributed by atoms with Gasteiger partial charge in [0.05, 0.1) is 6.61 Å². The molecule has 0 heterocycles. The second-order valence-electron chi connectivity index (χ2n) is 3.93. The molecule has 0 saturated carbocycles. The molecule has 1 aromatic carbocycles. The summed E-state index contributed by atoms with van der Waals surface area (Å²) < 4.78 is 0. The van der Waals surface area contributed by atoms with Gasteiger partial charge in [-0.15, -0.1) is 0 Å². The number of carbonyl (C=O) groups is 1. The standard InChI is InChI=1S/C12H17NO2/c1-8-4-9(2)6-11(5-8)12(15)13-10(3)7-14/h4-6,10,14H,7H2,1-3H3,(H,13,15)/t10-/m0/s1. The van der Waals surface area contributed by atoms with Crippen LogP contribution in [-0.2, 0) is 0 Å². The first-order chi connectivity index (χ1) is 7.02. The van der Waals surface area contributed by atoms with E-state index in [1.807, 2.05) is 32.0 Å². The van der Waals surface area contributed by atoms with Crippen LogP contribution in [0.4, 0.5) is 0 Å². The summed E-state index contributed by atoms with van der Waals surface area (Å²) in [6.07, 6.45) is 0. The molecular weight excluding hydrogens is 190 g/mol. The lowest BCUT2D eigenvalue weighted by Gasteiger charge is -2.11. The Kier molecular flexibility index (Phi) is 3.86. The summed E-state index contributed by atoms with van der Waals surface area (Å²) in [5, 5.41) is 11.5. The summed E-state index contributed by atoms with van der Waals surface area (Å²) in [5.41, 5.74) is 2.78. The molecule has 0 fully saturated rings. The zero-order valence-electron chi connectivity index (χ0n) is 9.37. The van der Waals surface area contributed by atoms with E-state index in [2.05, 4.69) is 5.32 Å². The number of aryl methyl sites for hydroxylation is 2. The van der Waals surface area contributed by atoms with Crippen LogP contribution in [0.3, 0.4) is 0 Å². The fraction of sp³-hybridized carbons (Fsp3) is 0.417. The van der Waals surface area contributed by atoms with E-state index in [1.165, 1.54) is 0 Å². The lowest BCUT2D eigenvalue weighted by atomic mass is 10.1. The molecule has 0 aliphatic carbocycles. The van der Waals surface area contributed by atoms with E-state index < -0.39 is 0 Å². The van der Waals surface area contributed by atoms with Crippen LogP contribution in [0.2, 0.25) is 0 Å². The second-order valence-corrected chi connectivity index (χ2v) is 3.93. The van der Waals surface area contributed by atoms with E-state index in [-0.39, 0.29) is 18.6 Å². The minimum Gasteiger partial charge on any atom is -0.394 e. The van der Waals surface area contributed by atoms with E-state index in [4.69, 9.17) is 5.11 Å². The summed E-state index contributed by atoms with van der Waals surface area (Å²) in [4.78, 5) is 11.7. The average molecular weight is 207 g/mol. The van der Waals surface area contributed by atoms with Crippen molar-refractivity contribution in [2.75, 3.05) is 6.61 Å². The molecule has 0 aromatic heterocycles. The third kappa shape index (κ3) is 3.36. The van der Waals surface area contributed by atoms with Gasteiger partial charge in [-0.2, -0.15) is 0 Å². The smallest absolute Gasteiger partial charge is 0.251 e. The summed E-state index contributed by atoms with van der Waals surface area (Å²) in [5.74, 6) is -0.136. The average Bonchev–Trinajstić information content (AvgIpc) is 2.16. The first-order valence-electron chi connectivity index (χ1n) is 5.03. The van der Waals surface area contributed by atoms with Gasteiger partial charge < -0.3 is 10.4 Å². The monoisotopic (exact) mass is 207 g/mol. The van der Waals surface area contributed by atoms with Crippen molar-refractivity contribution in [2.24, 2.45) is 0 Å². The molecule has 1 amide bonds. The number of benzene rings is 1. The minimum absolute atomic E-state index is 0.0451. The topological polar surface area (TPSA) is 49.3 Å². The van der Waals surface area contributed by atoms with Gasteiger partial charge >= 0.3 is 0 Å². The number of hydrogen-bond acceptors (Lipinski definition) is 2. The molecule has 0 aliphatic heterocycles. The van der Waals surface area contributed by atoms with E-state index in [0.717, 1.165) is 11.1 Å². The van der Waals surface area contributed by atoms with Crippen LogP contribution in [0.25, 0.3) is 0 Å². The Hall–Kier alpha value is -1.35. The van der Waals surface area contributed by atoms with Gasteiger partial charge in [-0.1, -0.05) is 17.2 Å². The molecule has 82 valence electrons. The molecule has 1 atom stereocenters. The highest BCUT2D eigenvalue weighted by Gasteiger charge is 2.09. The van der Waals surface area contributed by atoms with E-state index in [9.17, 15) is 4.79 Å². The van der Waals surface area contributed by atoms with Gasteiger partial charge in [0.25, 0.3) is 5.91 Å². The maximum atomic E-state index is 11.7. The molecular formula is C12H17NO2. The van der Waals surface area contributed by atoms with E-state index >= 15 is 0 Å². The van der Waals surface area contributed by atoms with Crippen molar-refractivity contribution in [1.82, 2.24) is 5.32 Å².